The second kappa shape index (κ2) is 12.1. The first kappa shape index (κ1) is 18.1. The van der Waals surface area contributed by atoms with Crippen LogP contribution in [0, 0.1) is 0 Å². The molecule has 2 N–H and O–H groups in total. The summed E-state index contributed by atoms with van der Waals surface area (Å²) >= 11 is 0. The maximum atomic E-state index is 10.9. The lowest BCUT2D eigenvalue weighted by molar-refractivity contribution is 0.109. The molecule has 0 spiro atoms. The Balaban J connectivity index is 3.30. The fourth-order valence-corrected chi connectivity index (χ4v) is 2.49. The van der Waals surface area contributed by atoms with Crippen molar-refractivity contribution in [3.05, 3.63) is 0 Å². The van der Waals surface area contributed by atoms with Crippen molar-refractivity contribution < 1.29 is 14.4 Å². The minimum atomic E-state index is -1.25. The van der Waals surface area contributed by atoms with E-state index in [1.54, 1.807) is 0 Å². The Bertz CT molecular complexity index is 209. The highest BCUT2D eigenvalue weighted by molar-refractivity contribution is 7.84. The van der Waals surface area contributed by atoms with E-state index in [0.717, 1.165) is 12.8 Å². The van der Waals surface area contributed by atoms with Crippen molar-refractivity contribution in [1.82, 2.24) is 0 Å². The summed E-state index contributed by atoms with van der Waals surface area (Å²) in [5.41, 5.74) is -0.881. The fourth-order valence-electron chi connectivity index (χ4n) is 2.00. The maximum absolute atomic E-state index is 10.9. The van der Waals surface area contributed by atoms with Gasteiger partial charge in [0, 0.05) is 23.5 Å². The van der Waals surface area contributed by atoms with Gasteiger partial charge in [-0.2, -0.15) is 0 Å². The number of hydrogen-bond acceptors (Lipinski definition) is 3. The fraction of sp³-hybridized carbons (Fsp3) is 1.00. The predicted molar refractivity (Wildman–Crippen MR) is 77.9 cm³/mol. The molecular weight excluding hydrogens is 248 g/mol. The van der Waals surface area contributed by atoms with Crippen LogP contribution < -0.4 is 0 Å². The summed E-state index contributed by atoms with van der Waals surface area (Å²) in [6.45, 7) is 2.22. The highest BCUT2D eigenvalue weighted by atomic mass is 32.2. The third kappa shape index (κ3) is 11.2. The maximum Gasteiger partial charge on any atom is 0.131 e. The Morgan fingerprint density at radius 1 is 0.944 bits per heavy atom. The number of unbranched alkanes of at least 4 members (excludes halogenated alkanes) is 7. The minimum absolute atomic E-state index is 0.236. The van der Waals surface area contributed by atoms with Crippen LogP contribution in [0.2, 0.25) is 0 Å². The Kier molecular flexibility index (Phi) is 12.2. The number of aliphatic hydroxyl groups excluding tert-OH is 2. The zero-order valence-corrected chi connectivity index (χ0v) is 12.8. The van der Waals surface area contributed by atoms with Crippen LogP contribution in [-0.4, -0.2) is 32.2 Å². The minimum Gasteiger partial charge on any atom is -0.393 e. The Labute approximate surface area is 114 Å². The second-order valence-corrected chi connectivity index (χ2v) is 6.65. The molecular formula is C14H30O3S. The highest BCUT2D eigenvalue weighted by Crippen LogP contribution is 2.13. The van der Waals surface area contributed by atoms with Crippen LogP contribution in [0.3, 0.4) is 0 Å². The summed E-state index contributed by atoms with van der Waals surface area (Å²) in [5, 5.41) is 19.0. The van der Waals surface area contributed by atoms with Crippen molar-refractivity contribution in [2.75, 3.05) is 6.26 Å². The molecule has 3 nitrogen and oxygen atoms in total. The molecule has 0 bridgehead atoms. The van der Waals surface area contributed by atoms with Crippen LogP contribution in [0.5, 0.6) is 0 Å². The molecule has 0 saturated heterocycles. The first-order valence-corrected chi connectivity index (χ1v) is 8.88. The smallest absolute Gasteiger partial charge is 0.131 e. The Morgan fingerprint density at radius 2 is 1.44 bits per heavy atom. The SMILES string of the molecule is CCCCCCCCCCC(O)CC(O)S(C)=O. The molecule has 0 saturated carbocycles. The van der Waals surface area contributed by atoms with E-state index in [-0.39, 0.29) is 6.42 Å². The van der Waals surface area contributed by atoms with Crippen LogP contribution in [0.15, 0.2) is 0 Å². The average Bonchev–Trinajstić information content (AvgIpc) is 2.32. The number of rotatable bonds is 12. The van der Waals surface area contributed by atoms with E-state index < -0.39 is 22.3 Å². The van der Waals surface area contributed by atoms with Crippen molar-refractivity contribution in [2.45, 2.75) is 82.7 Å². The molecule has 3 unspecified atom stereocenters. The Hall–Kier alpha value is 0.0700. The van der Waals surface area contributed by atoms with E-state index in [1.165, 1.54) is 44.8 Å². The molecule has 0 aromatic carbocycles. The zero-order chi connectivity index (χ0) is 13.8. The third-order valence-electron chi connectivity index (χ3n) is 3.25. The molecule has 0 fully saturated rings. The lowest BCUT2D eigenvalue weighted by Gasteiger charge is -2.13. The molecule has 18 heavy (non-hydrogen) atoms. The third-order valence-corrected chi connectivity index (χ3v) is 4.21. The van der Waals surface area contributed by atoms with Crippen molar-refractivity contribution in [3.63, 3.8) is 0 Å². The van der Waals surface area contributed by atoms with Crippen LogP contribution >= 0.6 is 0 Å². The van der Waals surface area contributed by atoms with Crippen molar-refractivity contribution in [2.24, 2.45) is 0 Å². The summed E-state index contributed by atoms with van der Waals surface area (Å²) in [5.74, 6) is 0. The lowest BCUT2D eigenvalue weighted by atomic mass is 10.0. The molecule has 0 aliphatic rings. The summed E-state index contributed by atoms with van der Waals surface area (Å²) in [4.78, 5) is 0. The van der Waals surface area contributed by atoms with E-state index >= 15 is 0 Å². The quantitative estimate of drug-likeness (QED) is 0.540. The topological polar surface area (TPSA) is 57.5 Å². The zero-order valence-electron chi connectivity index (χ0n) is 11.9. The summed E-state index contributed by atoms with van der Waals surface area (Å²) in [6.07, 6.45) is 11.9. The lowest BCUT2D eigenvalue weighted by Crippen LogP contribution is -2.21. The summed E-state index contributed by atoms with van der Waals surface area (Å²) in [6, 6.07) is 0. The molecule has 110 valence electrons. The van der Waals surface area contributed by atoms with Gasteiger partial charge in [-0.15, -0.1) is 0 Å². The largest absolute Gasteiger partial charge is 0.393 e. The van der Waals surface area contributed by atoms with Gasteiger partial charge >= 0.3 is 0 Å². The molecule has 0 rings (SSSR count). The molecule has 0 radical (unpaired) electrons. The molecule has 0 amide bonds. The molecule has 0 aromatic heterocycles. The van der Waals surface area contributed by atoms with Gasteiger partial charge in [0.05, 0.1) is 6.10 Å². The van der Waals surface area contributed by atoms with Crippen LogP contribution in [0.25, 0.3) is 0 Å². The van der Waals surface area contributed by atoms with Gasteiger partial charge in [-0.05, 0) is 6.42 Å². The van der Waals surface area contributed by atoms with E-state index in [9.17, 15) is 14.4 Å². The van der Waals surface area contributed by atoms with Gasteiger partial charge in [0.2, 0.25) is 0 Å². The molecule has 0 heterocycles. The standard InChI is InChI=1S/C14H30O3S/c1-3-4-5-6-7-8-9-10-11-13(15)12-14(16)18(2)17/h13-16H,3-12H2,1-2H3. The highest BCUT2D eigenvalue weighted by Gasteiger charge is 2.14. The molecule has 0 aromatic rings. The molecule has 4 heteroatoms. The summed E-state index contributed by atoms with van der Waals surface area (Å²) in [7, 11) is -1.25. The van der Waals surface area contributed by atoms with Crippen molar-refractivity contribution >= 4 is 10.8 Å². The molecule has 3 atom stereocenters. The van der Waals surface area contributed by atoms with Gasteiger partial charge in [-0.1, -0.05) is 58.3 Å². The Morgan fingerprint density at radius 3 is 1.94 bits per heavy atom. The van der Waals surface area contributed by atoms with E-state index in [4.69, 9.17) is 0 Å². The van der Waals surface area contributed by atoms with E-state index in [0.29, 0.717) is 6.42 Å². The van der Waals surface area contributed by atoms with E-state index in [2.05, 4.69) is 6.92 Å². The van der Waals surface area contributed by atoms with Gasteiger partial charge in [-0.3, -0.25) is 4.21 Å². The second-order valence-electron chi connectivity index (χ2n) is 5.11. The van der Waals surface area contributed by atoms with Crippen LogP contribution in [0.1, 0.15) is 71.1 Å². The summed E-state index contributed by atoms with van der Waals surface area (Å²) < 4.78 is 10.9. The number of hydrogen-bond donors (Lipinski definition) is 2. The van der Waals surface area contributed by atoms with Crippen molar-refractivity contribution in [3.8, 4) is 0 Å². The average molecular weight is 278 g/mol. The molecule has 0 aliphatic carbocycles. The predicted octanol–water partition coefficient (Wildman–Crippen LogP) is 2.97. The first-order chi connectivity index (χ1) is 8.57. The molecule has 0 aliphatic heterocycles. The van der Waals surface area contributed by atoms with Gasteiger partial charge in [0.25, 0.3) is 0 Å². The van der Waals surface area contributed by atoms with Crippen LogP contribution in [0.4, 0.5) is 0 Å². The first-order valence-electron chi connectivity index (χ1n) is 7.26. The van der Waals surface area contributed by atoms with E-state index in [1.807, 2.05) is 0 Å². The van der Waals surface area contributed by atoms with Gasteiger partial charge in [0.1, 0.15) is 5.44 Å². The van der Waals surface area contributed by atoms with Crippen molar-refractivity contribution in [1.29, 1.82) is 0 Å². The number of aliphatic hydroxyl groups is 2. The monoisotopic (exact) mass is 278 g/mol. The van der Waals surface area contributed by atoms with Crippen LogP contribution in [-0.2, 0) is 10.8 Å². The van der Waals surface area contributed by atoms with Gasteiger partial charge < -0.3 is 10.2 Å². The van der Waals surface area contributed by atoms with Gasteiger partial charge in [0.15, 0.2) is 0 Å². The normalized spacial score (nSPS) is 16.4. The van der Waals surface area contributed by atoms with Gasteiger partial charge in [-0.25, -0.2) is 0 Å².